The summed E-state index contributed by atoms with van der Waals surface area (Å²) in [6.45, 7) is 5.51. The lowest BCUT2D eigenvalue weighted by Crippen LogP contribution is -2.46. The van der Waals surface area contributed by atoms with Gasteiger partial charge in [0.15, 0.2) is 0 Å². The third-order valence-electron chi connectivity index (χ3n) is 6.61. The SMILES string of the molecule is Cc1ccc(S(=O)(=O)N(CC(=O)N[C@H]2C[C@H]3CC[C@H]2C3)c2cc(C)ccc2C)cc1. The quantitative estimate of drug-likeness (QED) is 0.756. The van der Waals surface area contributed by atoms with Crippen LogP contribution in [0.2, 0.25) is 0 Å². The molecule has 2 aromatic carbocycles. The molecule has 2 aliphatic carbocycles. The first-order valence-electron chi connectivity index (χ1n) is 10.7. The van der Waals surface area contributed by atoms with E-state index in [1.807, 2.05) is 39.0 Å². The van der Waals surface area contributed by atoms with Gasteiger partial charge in [-0.05, 0) is 81.2 Å². The molecule has 160 valence electrons. The molecule has 1 amide bonds. The molecule has 0 aromatic heterocycles. The van der Waals surface area contributed by atoms with Gasteiger partial charge in [0.25, 0.3) is 10.0 Å². The van der Waals surface area contributed by atoms with E-state index in [4.69, 9.17) is 0 Å². The van der Waals surface area contributed by atoms with Crippen molar-refractivity contribution in [1.29, 1.82) is 0 Å². The zero-order valence-corrected chi connectivity index (χ0v) is 18.7. The van der Waals surface area contributed by atoms with E-state index in [0.29, 0.717) is 17.5 Å². The molecular weight excluding hydrogens is 396 g/mol. The Hall–Kier alpha value is -2.34. The van der Waals surface area contributed by atoms with Crippen molar-refractivity contribution in [3.63, 3.8) is 0 Å². The van der Waals surface area contributed by atoms with Crippen molar-refractivity contribution in [3.8, 4) is 0 Å². The fraction of sp³-hybridized carbons (Fsp3) is 0.458. The van der Waals surface area contributed by atoms with Crippen LogP contribution in [0, 0.1) is 32.6 Å². The molecule has 0 heterocycles. The summed E-state index contributed by atoms with van der Waals surface area (Å²) in [5.41, 5.74) is 3.32. The number of benzene rings is 2. The second-order valence-electron chi connectivity index (χ2n) is 8.96. The number of carbonyl (C=O) groups excluding carboxylic acids is 1. The topological polar surface area (TPSA) is 66.5 Å². The van der Waals surface area contributed by atoms with Gasteiger partial charge >= 0.3 is 0 Å². The van der Waals surface area contributed by atoms with Gasteiger partial charge < -0.3 is 5.32 Å². The Labute approximate surface area is 179 Å². The summed E-state index contributed by atoms with van der Waals surface area (Å²) in [7, 11) is -3.88. The first kappa shape index (κ1) is 20.9. The first-order chi connectivity index (χ1) is 14.2. The van der Waals surface area contributed by atoms with E-state index in [1.54, 1.807) is 24.3 Å². The van der Waals surface area contributed by atoms with Crippen LogP contribution in [0.25, 0.3) is 0 Å². The lowest BCUT2D eigenvalue weighted by molar-refractivity contribution is -0.120. The molecule has 2 saturated carbocycles. The molecule has 6 heteroatoms. The van der Waals surface area contributed by atoms with E-state index in [2.05, 4.69) is 5.32 Å². The molecule has 0 unspecified atom stereocenters. The summed E-state index contributed by atoms with van der Waals surface area (Å²) in [6, 6.07) is 12.6. The van der Waals surface area contributed by atoms with Crippen LogP contribution in [0.4, 0.5) is 5.69 Å². The van der Waals surface area contributed by atoms with E-state index >= 15 is 0 Å². The predicted molar refractivity (Wildman–Crippen MR) is 119 cm³/mol. The Morgan fingerprint density at radius 1 is 1.00 bits per heavy atom. The Kier molecular flexibility index (Phi) is 5.62. The van der Waals surface area contributed by atoms with Crippen molar-refractivity contribution in [1.82, 2.24) is 5.32 Å². The molecule has 0 radical (unpaired) electrons. The summed E-state index contributed by atoms with van der Waals surface area (Å²) in [4.78, 5) is 13.2. The molecule has 3 atom stereocenters. The summed E-state index contributed by atoms with van der Waals surface area (Å²) in [5.74, 6) is 1.03. The molecule has 2 aromatic rings. The van der Waals surface area contributed by atoms with Crippen LogP contribution < -0.4 is 9.62 Å². The number of carbonyl (C=O) groups is 1. The molecule has 1 N–H and O–H groups in total. The number of anilines is 1. The van der Waals surface area contributed by atoms with Crippen molar-refractivity contribution in [2.75, 3.05) is 10.8 Å². The molecule has 2 aliphatic rings. The zero-order chi connectivity index (χ0) is 21.5. The van der Waals surface area contributed by atoms with Gasteiger partial charge in [0.2, 0.25) is 5.91 Å². The third-order valence-corrected chi connectivity index (χ3v) is 8.39. The normalized spacial score (nSPS) is 22.8. The van der Waals surface area contributed by atoms with E-state index in [0.717, 1.165) is 29.5 Å². The summed E-state index contributed by atoms with van der Waals surface area (Å²) < 4.78 is 28.4. The fourth-order valence-electron chi connectivity index (χ4n) is 4.93. The predicted octanol–water partition coefficient (Wildman–Crippen LogP) is 4.11. The molecule has 5 nitrogen and oxygen atoms in total. The number of rotatable bonds is 6. The van der Waals surface area contributed by atoms with Crippen LogP contribution >= 0.6 is 0 Å². The molecule has 0 saturated heterocycles. The molecule has 2 fully saturated rings. The summed E-state index contributed by atoms with van der Waals surface area (Å²) in [6.07, 6.45) is 4.63. The largest absolute Gasteiger partial charge is 0.352 e. The van der Waals surface area contributed by atoms with Crippen molar-refractivity contribution in [2.45, 2.75) is 57.4 Å². The van der Waals surface area contributed by atoms with E-state index in [1.165, 1.54) is 17.1 Å². The molecule has 2 bridgehead atoms. The van der Waals surface area contributed by atoms with Gasteiger partial charge in [0.1, 0.15) is 6.54 Å². The molecule has 0 aliphatic heterocycles. The highest BCUT2D eigenvalue weighted by Crippen LogP contribution is 2.44. The van der Waals surface area contributed by atoms with Crippen LogP contribution in [0.5, 0.6) is 0 Å². The lowest BCUT2D eigenvalue weighted by Gasteiger charge is -2.28. The second-order valence-corrected chi connectivity index (χ2v) is 10.8. The van der Waals surface area contributed by atoms with Crippen LogP contribution in [0.3, 0.4) is 0 Å². The number of nitrogens with zero attached hydrogens (tertiary/aromatic N) is 1. The minimum absolute atomic E-state index is 0.179. The summed E-state index contributed by atoms with van der Waals surface area (Å²) in [5, 5.41) is 3.13. The van der Waals surface area contributed by atoms with Crippen molar-refractivity contribution < 1.29 is 13.2 Å². The van der Waals surface area contributed by atoms with Crippen molar-refractivity contribution >= 4 is 21.6 Å². The highest BCUT2D eigenvalue weighted by molar-refractivity contribution is 7.92. The summed E-state index contributed by atoms with van der Waals surface area (Å²) >= 11 is 0. The first-order valence-corrected chi connectivity index (χ1v) is 12.1. The van der Waals surface area contributed by atoms with Gasteiger partial charge in [-0.25, -0.2) is 8.42 Å². The van der Waals surface area contributed by atoms with Crippen LogP contribution in [-0.4, -0.2) is 26.9 Å². The van der Waals surface area contributed by atoms with Gasteiger partial charge in [0, 0.05) is 6.04 Å². The average molecular weight is 427 g/mol. The maximum absolute atomic E-state index is 13.6. The number of nitrogens with one attached hydrogen (secondary N) is 1. The highest BCUT2D eigenvalue weighted by Gasteiger charge is 2.40. The monoisotopic (exact) mass is 426 g/mol. The lowest BCUT2D eigenvalue weighted by atomic mass is 9.95. The molecular formula is C24H30N2O3S. The van der Waals surface area contributed by atoms with Crippen LogP contribution in [-0.2, 0) is 14.8 Å². The number of hydrogen-bond acceptors (Lipinski definition) is 3. The minimum atomic E-state index is -3.88. The molecule has 30 heavy (non-hydrogen) atoms. The van der Waals surface area contributed by atoms with E-state index in [-0.39, 0.29) is 23.4 Å². The van der Waals surface area contributed by atoms with Crippen molar-refractivity contribution in [2.24, 2.45) is 11.8 Å². The zero-order valence-electron chi connectivity index (χ0n) is 17.9. The Morgan fingerprint density at radius 2 is 1.70 bits per heavy atom. The number of hydrogen-bond donors (Lipinski definition) is 1. The van der Waals surface area contributed by atoms with E-state index in [9.17, 15) is 13.2 Å². The highest BCUT2D eigenvalue weighted by atomic mass is 32.2. The minimum Gasteiger partial charge on any atom is -0.352 e. The Morgan fingerprint density at radius 3 is 2.33 bits per heavy atom. The number of fused-ring (bicyclic) bond motifs is 2. The molecule has 4 rings (SSSR count). The standard InChI is InChI=1S/C24H30N2O3S/c1-16-5-10-21(11-6-16)30(28,29)26(23-12-17(2)4-7-18(23)3)15-24(27)25-22-14-19-8-9-20(22)13-19/h4-7,10-12,19-20,22H,8-9,13-15H2,1-3H3,(H,25,27)/t19-,20-,22-/m0/s1. The number of aryl methyl sites for hydroxylation is 3. The maximum Gasteiger partial charge on any atom is 0.264 e. The fourth-order valence-corrected chi connectivity index (χ4v) is 6.41. The Balaban J connectivity index is 1.64. The van der Waals surface area contributed by atoms with Gasteiger partial charge in [-0.15, -0.1) is 0 Å². The van der Waals surface area contributed by atoms with Gasteiger partial charge in [-0.3, -0.25) is 9.10 Å². The van der Waals surface area contributed by atoms with Crippen molar-refractivity contribution in [3.05, 3.63) is 59.2 Å². The van der Waals surface area contributed by atoms with Crippen LogP contribution in [0.15, 0.2) is 47.4 Å². The second kappa shape index (κ2) is 8.06. The smallest absolute Gasteiger partial charge is 0.264 e. The van der Waals surface area contributed by atoms with Gasteiger partial charge in [0.05, 0.1) is 10.6 Å². The van der Waals surface area contributed by atoms with Gasteiger partial charge in [-0.1, -0.05) is 36.2 Å². The number of sulfonamides is 1. The maximum atomic E-state index is 13.6. The van der Waals surface area contributed by atoms with E-state index < -0.39 is 10.0 Å². The van der Waals surface area contributed by atoms with Crippen LogP contribution in [0.1, 0.15) is 42.4 Å². The van der Waals surface area contributed by atoms with Gasteiger partial charge in [-0.2, -0.15) is 0 Å². The molecule has 0 spiro atoms. The number of amides is 1. The third kappa shape index (κ3) is 4.10. The Bertz CT molecular complexity index is 1050. The average Bonchev–Trinajstić information content (AvgIpc) is 3.31.